The molecule has 1 aliphatic carbocycles. The SMILES string of the molecule is Cn1ncc2ccc(-c3n[nH]c4c3Cc3sc(C5CCN(C(=O)OC(C)(C)C)CC5)cc3-4)cc21. The number of amides is 1. The summed E-state index contributed by atoms with van der Waals surface area (Å²) in [5.41, 5.74) is 6.56. The Labute approximate surface area is 202 Å². The molecule has 1 fully saturated rings. The van der Waals surface area contributed by atoms with Gasteiger partial charge in [0.2, 0.25) is 0 Å². The van der Waals surface area contributed by atoms with E-state index in [0.29, 0.717) is 5.92 Å². The Bertz CT molecular complexity index is 1400. The van der Waals surface area contributed by atoms with E-state index in [1.807, 2.05) is 54.9 Å². The molecule has 1 amide bonds. The van der Waals surface area contributed by atoms with Crippen molar-refractivity contribution in [3.8, 4) is 22.5 Å². The summed E-state index contributed by atoms with van der Waals surface area (Å²) in [6, 6.07) is 8.78. The summed E-state index contributed by atoms with van der Waals surface area (Å²) in [7, 11) is 1.97. The number of carbonyl (C=O) groups is 1. The molecule has 6 rings (SSSR count). The molecule has 3 aromatic heterocycles. The minimum atomic E-state index is -0.452. The Balaban J connectivity index is 1.20. The summed E-state index contributed by atoms with van der Waals surface area (Å²) < 4.78 is 7.45. The van der Waals surface area contributed by atoms with Gasteiger partial charge in [0.05, 0.1) is 23.1 Å². The molecule has 2 aliphatic rings. The molecule has 1 aliphatic heterocycles. The molecule has 7 nitrogen and oxygen atoms in total. The van der Waals surface area contributed by atoms with Crippen LogP contribution in [0.25, 0.3) is 33.4 Å². The Morgan fingerprint density at radius 3 is 2.76 bits per heavy atom. The standard InChI is InChI=1S/C26H29N5O2S/c1-26(2,3)33-25(32)31-9-7-15(8-10-31)21-12-18-22(34-21)13-19-23(28-29-24(18)19)16-5-6-17-14-27-30(4)20(17)11-16/h5-6,11-12,14-15H,7-10,13H2,1-4H3,(H,28,29). The smallest absolute Gasteiger partial charge is 0.410 e. The second-order valence-corrected chi connectivity index (χ2v) is 11.5. The highest BCUT2D eigenvalue weighted by Crippen LogP contribution is 2.47. The molecule has 0 spiro atoms. The van der Waals surface area contributed by atoms with Crippen molar-refractivity contribution in [1.29, 1.82) is 0 Å². The molecule has 176 valence electrons. The number of aromatic amines is 1. The number of hydrogen-bond donors (Lipinski definition) is 1. The van der Waals surface area contributed by atoms with E-state index in [1.165, 1.54) is 20.9 Å². The number of fused-ring (bicyclic) bond motifs is 4. The molecule has 1 aromatic carbocycles. The fourth-order valence-corrected chi connectivity index (χ4v) is 6.47. The molecular formula is C26H29N5O2S. The quantitative estimate of drug-likeness (QED) is 0.355. The molecule has 4 heterocycles. The summed E-state index contributed by atoms with van der Waals surface area (Å²) in [5.74, 6) is 0.493. The summed E-state index contributed by atoms with van der Waals surface area (Å²) in [4.78, 5) is 17.1. The number of aryl methyl sites for hydroxylation is 1. The predicted octanol–water partition coefficient (Wildman–Crippen LogP) is 5.71. The third-order valence-corrected chi connectivity index (χ3v) is 8.17. The molecule has 0 unspecified atom stereocenters. The van der Waals surface area contributed by atoms with E-state index < -0.39 is 5.60 Å². The van der Waals surface area contributed by atoms with Crippen molar-refractivity contribution in [2.45, 2.75) is 51.6 Å². The topological polar surface area (TPSA) is 76.0 Å². The van der Waals surface area contributed by atoms with Gasteiger partial charge in [-0.1, -0.05) is 12.1 Å². The van der Waals surface area contributed by atoms with Crippen LogP contribution < -0.4 is 0 Å². The zero-order chi connectivity index (χ0) is 23.6. The van der Waals surface area contributed by atoms with Crippen LogP contribution >= 0.6 is 11.3 Å². The third kappa shape index (κ3) is 3.60. The predicted molar refractivity (Wildman–Crippen MR) is 134 cm³/mol. The minimum absolute atomic E-state index is 0.196. The molecular weight excluding hydrogens is 446 g/mol. The monoisotopic (exact) mass is 475 g/mol. The lowest BCUT2D eigenvalue weighted by molar-refractivity contribution is 0.0205. The lowest BCUT2D eigenvalue weighted by Crippen LogP contribution is -2.41. The van der Waals surface area contributed by atoms with Crippen molar-refractivity contribution in [3.63, 3.8) is 0 Å². The maximum absolute atomic E-state index is 12.4. The molecule has 0 saturated carbocycles. The first-order valence-corrected chi connectivity index (χ1v) is 12.7. The summed E-state index contributed by atoms with van der Waals surface area (Å²) in [5, 5.41) is 13.5. The van der Waals surface area contributed by atoms with E-state index >= 15 is 0 Å². The number of carbonyl (C=O) groups excluding carboxylic acids is 1. The van der Waals surface area contributed by atoms with Crippen LogP contribution in [0.1, 0.15) is 54.8 Å². The molecule has 0 bridgehead atoms. The Hall–Kier alpha value is -3.13. The van der Waals surface area contributed by atoms with Gasteiger partial charge in [-0.05, 0) is 51.7 Å². The maximum atomic E-state index is 12.4. The van der Waals surface area contributed by atoms with E-state index in [4.69, 9.17) is 9.84 Å². The fraction of sp³-hybridized carbons (Fsp3) is 0.423. The Morgan fingerprint density at radius 2 is 2.00 bits per heavy atom. The number of likely N-dealkylation sites (tertiary alicyclic amines) is 1. The number of benzene rings is 1. The second kappa shape index (κ2) is 7.70. The Morgan fingerprint density at radius 1 is 1.21 bits per heavy atom. The molecule has 8 heteroatoms. The highest BCUT2D eigenvalue weighted by Gasteiger charge is 2.32. The summed E-state index contributed by atoms with van der Waals surface area (Å²) >= 11 is 1.92. The van der Waals surface area contributed by atoms with Crippen LogP contribution in [0.5, 0.6) is 0 Å². The van der Waals surface area contributed by atoms with Gasteiger partial charge in [-0.2, -0.15) is 10.2 Å². The van der Waals surface area contributed by atoms with E-state index in [0.717, 1.165) is 60.2 Å². The van der Waals surface area contributed by atoms with Gasteiger partial charge < -0.3 is 9.64 Å². The van der Waals surface area contributed by atoms with Crippen LogP contribution in [0.2, 0.25) is 0 Å². The highest BCUT2D eigenvalue weighted by molar-refractivity contribution is 7.12. The first-order chi connectivity index (χ1) is 16.3. The number of rotatable bonds is 2. The largest absolute Gasteiger partial charge is 0.444 e. The zero-order valence-corrected chi connectivity index (χ0v) is 20.8. The van der Waals surface area contributed by atoms with Gasteiger partial charge in [-0.3, -0.25) is 9.78 Å². The lowest BCUT2D eigenvalue weighted by atomic mass is 9.95. The van der Waals surface area contributed by atoms with Gasteiger partial charge in [-0.25, -0.2) is 4.79 Å². The Kier molecular flexibility index (Phi) is 4.85. The molecule has 1 N–H and O–H groups in total. The van der Waals surface area contributed by atoms with Crippen molar-refractivity contribution in [3.05, 3.63) is 45.8 Å². The normalized spacial score (nSPS) is 16.2. The van der Waals surface area contributed by atoms with Gasteiger partial charge in [0.1, 0.15) is 5.60 Å². The van der Waals surface area contributed by atoms with Crippen molar-refractivity contribution in [2.24, 2.45) is 7.05 Å². The van der Waals surface area contributed by atoms with Crippen molar-refractivity contribution < 1.29 is 9.53 Å². The van der Waals surface area contributed by atoms with E-state index in [9.17, 15) is 4.79 Å². The number of nitrogens with one attached hydrogen (secondary N) is 1. The third-order valence-electron chi connectivity index (χ3n) is 6.87. The van der Waals surface area contributed by atoms with Crippen LogP contribution in [0, 0.1) is 0 Å². The van der Waals surface area contributed by atoms with Crippen LogP contribution in [0.4, 0.5) is 4.79 Å². The molecule has 1 saturated heterocycles. The fourth-order valence-electron chi connectivity index (χ4n) is 5.12. The number of hydrogen-bond acceptors (Lipinski definition) is 5. The lowest BCUT2D eigenvalue weighted by Gasteiger charge is -2.33. The minimum Gasteiger partial charge on any atom is -0.444 e. The van der Waals surface area contributed by atoms with Crippen LogP contribution in [0.15, 0.2) is 30.5 Å². The zero-order valence-electron chi connectivity index (χ0n) is 20.0. The number of nitrogens with zero attached hydrogens (tertiary/aromatic N) is 4. The van der Waals surface area contributed by atoms with Gasteiger partial charge in [0.25, 0.3) is 0 Å². The van der Waals surface area contributed by atoms with E-state index in [1.54, 1.807) is 0 Å². The van der Waals surface area contributed by atoms with Crippen LogP contribution in [0.3, 0.4) is 0 Å². The van der Waals surface area contributed by atoms with Crippen molar-refractivity contribution in [2.75, 3.05) is 13.1 Å². The molecule has 34 heavy (non-hydrogen) atoms. The molecule has 0 atom stereocenters. The number of aromatic nitrogens is 4. The van der Waals surface area contributed by atoms with Crippen LogP contribution in [-0.2, 0) is 18.2 Å². The molecule has 0 radical (unpaired) electrons. The van der Waals surface area contributed by atoms with Gasteiger partial charge in [0.15, 0.2) is 0 Å². The second-order valence-electron chi connectivity index (χ2n) is 10.4. The average molecular weight is 476 g/mol. The highest BCUT2D eigenvalue weighted by atomic mass is 32.1. The average Bonchev–Trinajstić information content (AvgIpc) is 3.54. The first kappa shape index (κ1) is 21.4. The van der Waals surface area contributed by atoms with Crippen LogP contribution in [-0.4, -0.2) is 49.7 Å². The van der Waals surface area contributed by atoms with Gasteiger partial charge in [0, 0.05) is 58.4 Å². The number of thiophene rings is 1. The number of ether oxygens (including phenoxy) is 1. The first-order valence-electron chi connectivity index (χ1n) is 11.9. The summed E-state index contributed by atoms with van der Waals surface area (Å²) in [6.07, 6.45) is 4.57. The number of H-pyrrole nitrogens is 1. The maximum Gasteiger partial charge on any atom is 0.410 e. The van der Waals surface area contributed by atoms with Crippen molar-refractivity contribution >= 4 is 28.3 Å². The molecule has 4 aromatic rings. The summed E-state index contributed by atoms with van der Waals surface area (Å²) in [6.45, 7) is 7.24. The van der Waals surface area contributed by atoms with E-state index in [-0.39, 0.29) is 6.09 Å². The van der Waals surface area contributed by atoms with E-state index in [2.05, 4.69) is 34.5 Å². The van der Waals surface area contributed by atoms with Crippen molar-refractivity contribution in [1.82, 2.24) is 24.9 Å². The number of piperidine rings is 1. The van der Waals surface area contributed by atoms with Gasteiger partial charge in [-0.15, -0.1) is 11.3 Å². The van der Waals surface area contributed by atoms with Gasteiger partial charge >= 0.3 is 6.09 Å².